The molecule has 0 heteroatoms. The minimum absolute atomic E-state index is 0.535. The molecule has 0 spiro atoms. The van der Waals surface area contributed by atoms with Crippen molar-refractivity contribution in [1.29, 1.82) is 0 Å². The third-order valence-corrected chi connectivity index (χ3v) is 13.2. The second kappa shape index (κ2) is 9.86. The van der Waals surface area contributed by atoms with Gasteiger partial charge in [-0.2, -0.15) is 0 Å². The van der Waals surface area contributed by atoms with Crippen molar-refractivity contribution in [2.45, 2.75) is 83.5 Å². The first kappa shape index (κ1) is 25.8. The van der Waals surface area contributed by atoms with Crippen molar-refractivity contribution in [2.75, 3.05) is 0 Å². The number of fused-ring (bicyclic) bond motifs is 6. The summed E-state index contributed by atoms with van der Waals surface area (Å²) in [7, 11) is 0. The standard InChI is InChI=1S/C41H46/c1-40-23-22-38-37(39(40)26-33(27-40)30-17-15-29(16-18-30)28-9-4-3-5-10-28)20-19-34-25-32(21-24-41(34,38)2)36-14-8-12-31-11-6-7-13-35(31)36/h3-18,32-34,37-39H,19-27H2,1-2H3/t32?,33?,34-,37+,38-,39-,40+,41-/m0/s1. The summed E-state index contributed by atoms with van der Waals surface area (Å²) in [5, 5.41) is 2.92. The molecule has 4 saturated carbocycles. The van der Waals surface area contributed by atoms with Gasteiger partial charge in [-0.25, -0.2) is 0 Å². The van der Waals surface area contributed by atoms with Crippen molar-refractivity contribution in [3.05, 3.63) is 108 Å². The lowest BCUT2D eigenvalue weighted by Crippen LogP contribution is -2.52. The van der Waals surface area contributed by atoms with Crippen LogP contribution in [0.25, 0.3) is 21.9 Å². The van der Waals surface area contributed by atoms with E-state index < -0.39 is 0 Å². The summed E-state index contributed by atoms with van der Waals surface area (Å²) in [5.41, 5.74) is 6.97. The molecule has 4 aromatic rings. The molecule has 0 N–H and O–H groups in total. The minimum Gasteiger partial charge on any atom is -0.0622 e. The van der Waals surface area contributed by atoms with Gasteiger partial charge in [0.25, 0.3) is 0 Å². The fourth-order valence-electron chi connectivity index (χ4n) is 11.0. The number of rotatable bonds is 3. The van der Waals surface area contributed by atoms with Gasteiger partial charge >= 0.3 is 0 Å². The summed E-state index contributed by atoms with van der Waals surface area (Å²) >= 11 is 0. The highest BCUT2D eigenvalue weighted by atomic mass is 14.6. The van der Waals surface area contributed by atoms with E-state index in [0.29, 0.717) is 10.8 Å². The van der Waals surface area contributed by atoms with E-state index in [1.54, 1.807) is 11.1 Å². The SMILES string of the molecule is C[C@]12CC[C@H]3[C@@H](CC[C@H]4CC(c5cccc6ccccc56)CC[C@@]43C)[C@@H]1CC(c1ccc(-c3ccccc3)cc1)C2. The minimum atomic E-state index is 0.535. The zero-order valence-electron chi connectivity index (χ0n) is 25.1. The highest BCUT2D eigenvalue weighted by Gasteiger charge is 2.59. The van der Waals surface area contributed by atoms with E-state index in [0.717, 1.165) is 35.5 Å². The Hall–Kier alpha value is -2.86. The first-order valence-corrected chi connectivity index (χ1v) is 16.6. The Balaban J connectivity index is 1.01. The van der Waals surface area contributed by atoms with Gasteiger partial charge in [-0.3, -0.25) is 0 Å². The van der Waals surface area contributed by atoms with Crippen molar-refractivity contribution < 1.29 is 0 Å². The summed E-state index contributed by atoms with van der Waals surface area (Å²) in [4.78, 5) is 0. The molecule has 210 valence electrons. The van der Waals surface area contributed by atoms with E-state index in [2.05, 4.69) is 111 Å². The van der Waals surface area contributed by atoms with Crippen LogP contribution in [0.5, 0.6) is 0 Å². The van der Waals surface area contributed by atoms with E-state index in [1.165, 1.54) is 79.7 Å². The highest BCUT2D eigenvalue weighted by molar-refractivity contribution is 5.86. The summed E-state index contributed by atoms with van der Waals surface area (Å²) in [6.45, 7) is 5.42. The molecule has 0 nitrogen and oxygen atoms in total. The van der Waals surface area contributed by atoms with Gasteiger partial charge in [-0.1, -0.05) is 111 Å². The molecule has 0 amide bonds. The largest absolute Gasteiger partial charge is 0.0622 e. The van der Waals surface area contributed by atoms with Crippen LogP contribution in [0.15, 0.2) is 97.1 Å². The van der Waals surface area contributed by atoms with Crippen molar-refractivity contribution >= 4 is 10.8 Å². The molecule has 2 unspecified atom stereocenters. The molecule has 4 aliphatic rings. The lowest BCUT2D eigenvalue weighted by Gasteiger charge is -2.60. The van der Waals surface area contributed by atoms with Crippen molar-refractivity contribution in [3.8, 4) is 11.1 Å². The Morgan fingerprint density at radius 1 is 0.585 bits per heavy atom. The fraction of sp³-hybridized carbons (Fsp3) is 0.463. The summed E-state index contributed by atoms with van der Waals surface area (Å²) < 4.78 is 0. The van der Waals surface area contributed by atoms with Crippen LogP contribution in [-0.2, 0) is 0 Å². The number of benzene rings is 4. The van der Waals surface area contributed by atoms with Crippen LogP contribution in [-0.4, -0.2) is 0 Å². The van der Waals surface area contributed by atoms with Crippen molar-refractivity contribution in [3.63, 3.8) is 0 Å². The lowest BCUT2D eigenvalue weighted by atomic mass is 9.44. The van der Waals surface area contributed by atoms with Gasteiger partial charge in [0, 0.05) is 0 Å². The van der Waals surface area contributed by atoms with Gasteiger partial charge < -0.3 is 0 Å². The molecule has 0 radical (unpaired) electrons. The average molecular weight is 539 g/mol. The Morgan fingerprint density at radius 3 is 2.20 bits per heavy atom. The van der Waals surface area contributed by atoms with Gasteiger partial charge in [0.15, 0.2) is 0 Å². The molecule has 41 heavy (non-hydrogen) atoms. The number of hydrogen-bond acceptors (Lipinski definition) is 0. The van der Waals surface area contributed by atoms with Crippen molar-refractivity contribution in [1.82, 2.24) is 0 Å². The predicted molar refractivity (Wildman–Crippen MR) is 173 cm³/mol. The fourth-order valence-corrected chi connectivity index (χ4v) is 11.0. The molecule has 8 rings (SSSR count). The summed E-state index contributed by atoms with van der Waals surface area (Å²) in [6, 6.07) is 36.6. The monoisotopic (exact) mass is 538 g/mol. The summed E-state index contributed by atoms with van der Waals surface area (Å²) in [6.07, 6.45) is 12.9. The smallest absolute Gasteiger partial charge is 0.0149 e. The maximum atomic E-state index is 2.74. The van der Waals surface area contributed by atoms with E-state index in [1.807, 2.05) is 0 Å². The van der Waals surface area contributed by atoms with E-state index in [-0.39, 0.29) is 0 Å². The first-order valence-electron chi connectivity index (χ1n) is 16.6. The molecule has 4 fully saturated rings. The van der Waals surface area contributed by atoms with Gasteiger partial charge in [0.2, 0.25) is 0 Å². The highest BCUT2D eigenvalue weighted by Crippen LogP contribution is 2.68. The molecule has 8 atom stereocenters. The first-order chi connectivity index (χ1) is 20.0. The van der Waals surface area contributed by atoms with Crippen LogP contribution in [0, 0.1) is 34.5 Å². The van der Waals surface area contributed by atoms with Gasteiger partial charge in [0.05, 0.1) is 0 Å². The lowest BCUT2D eigenvalue weighted by molar-refractivity contribution is -0.106. The zero-order chi connectivity index (χ0) is 27.6. The molecule has 0 aliphatic heterocycles. The molecule has 0 saturated heterocycles. The molecule has 4 aromatic carbocycles. The van der Waals surface area contributed by atoms with Gasteiger partial charge in [-0.05, 0) is 137 Å². The Morgan fingerprint density at radius 2 is 1.34 bits per heavy atom. The number of hydrogen-bond donors (Lipinski definition) is 0. The van der Waals surface area contributed by atoms with Gasteiger partial charge in [0.1, 0.15) is 0 Å². The van der Waals surface area contributed by atoms with Gasteiger partial charge in [-0.15, -0.1) is 0 Å². The molecular weight excluding hydrogens is 492 g/mol. The van der Waals surface area contributed by atoms with E-state index >= 15 is 0 Å². The van der Waals surface area contributed by atoms with Crippen molar-refractivity contribution in [2.24, 2.45) is 34.5 Å². The summed E-state index contributed by atoms with van der Waals surface area (Å²) in [5.74, 6) is 5.16. The molecule has 0 heterocycles. The van der Waals surface area contributed by atoms with Crippen LogP contribution in [0.1, 0.15) is 94.6 Å². The topological polar surface area (TPSA) is 0 Å². The molecular formula is C41H46. The Bertz CT molecular complexity index is 1530. The van der Waals surface area contributed by atoms with Crippen LogP contribution in [0.3, 0.4) is 0 Å². The van der Waals surface area contributed by atoms with Crippen LogP contribution in [0.2, 0.25) is 0 Å². The van der Waals surface area contributed by atoms with Crippen LogP contribution >= 0.6 is 0 Å². The average Bonchev–Trinajstić information content (AvgIpc) is 3.39. The Kier molecular flexibility index (Phi) is 6.21. The molecule has 0 aromatic heterocycles. The normalized spacial score (nSPS) is 36.3. The van der Waals surface area contributed by atoms with Crippen LogP contribution in [0.4, 0.5) is 0 Å². The quantitative estimate of drug-likeness (QED) is 0.243. The van der Waals surface area contributed by atoms with Crippen LogP contribution < -0.4 is 0 Å². The second-order valence-corrected chi connectivity index (χ2v) is 15.0. The third kappa shape index (κ3) is 4.23. The predicted octanol–water partition coefficient (Wildman–Crippen LogP) is 11.4. The maximum absolute atomic E-state index is 2.74. The van der Waals surface area contributed by atoms with E-state index in [9.17, 15) is 0 Å². The second-order valence-electron chi connectivity index (χ2n) is 15.0. The van der Waals surface area contributed by atoms with E-state index in [4.69, 9.17) is 0 Å². The maximum Gasteiger partial charge on any atom is -0.0149 e. The molecule has 4 aliphatic carbocycles. The zero-order valence-corrected chi connectivity index (χ0v) is 25.1. The Labute approximate surface area is 247 Å². The molecule has 0 bridgehead atoms. The third-order valence-electron chi connectivity index (χ3n) is 13.2.